The molecule has 1 aliphatic heterocycles. The standard InChI is InChI=1S/C7H8ClN3O3/c8-7-6(11(12)13)1-9-10(7)2-5-3-14-4-5/h1,5H,2-4H2. The molecule has 0 amide bonds. The number of rotatable bonds is 3. The Bertz CT molecular complexity index is 361. The van der Waals surface area contributed by atoms with Gasteiger partial charge < -0.3 is 4.74 Å². The van der Waals surface area contributed by atoms with Crippen LogP contribution in [0.5, 0.6) is 0 Å². The SMILES string of the molecule is O=[N+]([O-])c1cnn(CC2COC2)c1Cl. The molecule has 76 valence electrons. The van der Waals surface area contributed by atoms with Crippen LogP contribution in [-0.4, -0.2) is 27.9 Å². The molecule has 0 spiro atoms. The van der Waals surface area contributed by atoms with E-state index in [9.17, 15) is 10.1 Å². The lowest BCUT2D eigenvalue weighted by molar-refractivity contribution is -0.384. The molecule has 0 bridgehead atoms. The van der Waals surface area contributed by atoms with E-state index in [1.54, 1.807) is 0 Å². The van der Waals surface area contributed by atoms with Gasteiger partial charge in [-0.2, -0.15) is 5.10 Å². The third kappa shape index (κ3) is 1.58. The molecule has 1 aromatic rings. The first-order chi connectivity index (χ1) is 6.68. The molecular formula is C7H8ClN3O3. The smallest absolute Gasteiger partial charge is 0.325 e. The van der Waals surface area contributed by atoms with Crippen LogP contribution >= 0.6 is 11.6 Å². The first kappa shape index (κ1) is 9.42. The van der Waals surface area contributed by atoms with Crippen molar-refractivity contribution in [2.45, 2.75) is 6.54 Å². The number of hydrogen-bond acceptors (Lipinski definition) is 4. The Labute approximate surface area is 84.6 Å². The Balaban J connectivity index is 2.13. The Kier molecular flexibility index (Phi) is 2.39. The van der Waals surface area contributed by atoms with E-state index >= 15 is 0 Å². The molecule has 1 aromatic heterocycles. The second kappa shape index (κ2) is 3.55. The molecule has 0 atom stereocenters. The molecule has 7 heteroatoms. The molecule has 14 heavy (non-hydrogen) atoms. The van der Waals surface area contributed by atoms with Gasteiger partial charge in [0.05, 0.1) is 24.7 Å². The molecule has 2 heterocycles. The lowest BCUT2D eigenvalue weighted by atomic mass is 10.1. The third-order valence-electron chi connectivity index (χ3n) is 2.09. The Morgan fingerprint density at radius 3 is 2.93 bits per heavy atom. The number of ether oxygens (including phenoxy) is 1. The zero-order valence-corrected chi connectivity index (χ0v) is 7.98. The maximum Gasteiger partial charge on any atom is 0.325 e. The third-order valence-corrected chi connectivity index (χ3v) is 2.48. The first-order valence-electron chi connectivity index (χ1n) is 4.12. The number of halogens is 1. The van der Waals surface area contributed by atoms with Crippen LogP contribution < -0.4 is 0 Å². The van der Waals surface area contributed by atoms with Crippen molar-refractivity contribution < 1.29 is 9.66 Å². The number of aromatic nitrogens is 2. The zero-order chi connectivity index (χ0) is 10.1. The Morgan fingerprint density at radius 1 is 1.79 bits per heavy atom. The van der Waals surface area contributed by atoms with Gasteiger partial charge in [-0.1, -0.05) is 11.6 Å². The summed E-state index contributed by atoms with van der Waals surface area (Å²) in [6.07, 6.45) is 1.17. The van der Waals surface area contributed by atoms with Crippen LogP contribution in [-0.2, 0) is 11.3 Å². The Hall–Kier alpha value is -1.14. The van der Waals surface area contributed by atoms with Gasteiger partial charge in [-0.25, -0.2) is 4.68 Å². The number of nitro groups is 1. The molecular weight excluding hydrogens is 210 g/mol. The van der Waals surface area contributed by atoms with E-state index in [0.29, 0.717) is 25.7 Å². The van der Waals surface area contributed by atoms with Gasteiger partial charge in [0.15, 0.2) is 0 Å². The van der Waals surface area contributed by atoms with Crippen LogP contribution in [0, 0.1) is 16.0 Å². The van der Waals surface area contributed by atoms with Crippen LogP contribution in [0.15, 0.2) is 6.20 Å². The molecule has 1 aliphatic rings. The van der Waals surface area contributed by atoms with Crippen molar-refractivity contribution in [2.75, 3.05) is 13.2 Å². The summed E-state index contributed by atoms with van der Waals surface area (Å²) in [4.78, 5) is 9.91. The van der Waals surface area contributed by atoms with Gasteiger partial charge in [0.25, 0.3) is 0 Å². The highest BCUT2D eigenvalue weighted by Crippen LogP contribution is 2.25. The van der Waals surface area contributed by atoms with Crippen molar-refractivity contribution in [2.24, 2.45) is 5.92 Å². The fraction of sp³-hybridized carbons (Fsp3) is 0.571. The predicted molar refractivity (Wildman–Crippen MR) is 48.2 cm³/mol. The molecule has 0 saturated carbocycles. The van der Waals surface area contributed by atoms with E-state index in [1.807, 2.05) is 0 Å². The molecule has 0 N–H and O–H groups in total. The molecule has 0 aliphatic carbocycles. The number of hydrogen-bond donors (Lipinski definition) is 0. The lowest BCUT2D eigenvalue weighted by Crippen LogP contribution is -2.31. The lowest BCUT2D eigenvalue weighted by Gasteiger charge is -2.25. The topological polar surface area (TPSA) is 70.2 Å². The van der Waals surface area contributed by atoms with Crippen LogP contribution in [0.1, 0.15) is 0 Å². The summed E-state index contributed by atoms with van der Waals surface area (Å²) in [6, 6.07) is 0. The minimum atomic E-state index is -0.539. The number of nitrogens with zero attached hydrogens (tertiary/aromatic N) is 3. The summed E-state index contributed by atoms with van der Waals surface area (Å²) in [5.74, 6) is 0.368. The van der Waals surface area contributed by atoms with Gasteiger partial charge in [-0.05, 0) is 0 Å². The maximum atomic E-state index is 10.4. The van der Waals surface area contributed by atoms with E-state index in [4.69, 9.17) is 16.3 Å². The zero-order valence-electron chi connectivity index (χ0n) is 7.22. The van der Waals surface area contributed by atoms with Gasteiger partial charge in [0.1, 0.15) is 6.20 Å². The van der Waals surface area contributed by atoms with Crippen LogP contribution in [0.3, 0.4) is 0 Å². The predicted octanol–water partition coefficient (Wildman–Crippen LogP) is 1.09. The summed E-state index contributed by atoms with van der Waals surface area (Å²) in [5.41, 5.74) is -0.146. The van der Waals surface area contributed by atoms with E-state index in [-0.39, 0.29) is 10.8 Å². The van der Waals surface area contributed by atoms with Gasteiger partial charge in [-0.15, -0.1) is 0 Å². The highest BCUT2D eigenvalue weighted by Gasteiger charge is 2.24. The van der Waals surface area contributed by atoms with Gasteiger partial charge in [-0.3, -0.25) is 10.1 Å². The maximum absolute atomic E-state index is 10.4. The fourth-order valence-electron chi connectivity index (χ4n) is 1.24. The molecule has 0 aromatic carbocycles. The average molecular weight is 218 g/mol. The van der Waals surface area contributed by atoms with Crippen molar-refractivity contribution in [3.63, 3.8) is 0 Å². The normalized spacial score (nSPS) is 16.6. The van der Waals surface area contributed by atoms with Crippen molar-refractivity contribution in [1.82, 2.24) is 9.78 Å². The molecule has 0 radical (unpaired) electrons. The summed E-state index contributed by atoms with van der Waals surface area (Å²) in [6.45, 7) is 1.92. The highest BCUT2D eigenvalue weighted by molar-refractivity contribution is 6.31. The summed E-state index contributed by atoms with van der Waals surface area (Å²) < 4.78 is 6.42. The van der Waals surface area contributed by atoms with Crippen LogP contribution in [0.25, 0.3) is 0 Å². The average Bonchev–Trinajstić information content (AvgIpc) is 2.40. The van der Waals surface area contributed by atoms with Gasteiger partial charge in [0.2, 0.25) is 5.15 Å². The van der Waals surface area contributed by atoms with Crippen molar-refractivity contribution in [3.05, 3.63) is 21.5 Å². The second-order valence-corrected chi connectivity index (χ2v) is 3.52. The van der Waals surface area contributed by atoms with E-state index in [2.05, 4.69) is 5.10 Å². The molecule has 0 unspecified atom stereocenters. The van der Waals surface area contributed by atoms with Gasteiger partial charge in [0, 0.05) is 5.92 Å². The molecule has 1 fully saturated rings. The minimum Gasteiger partial charge on any atom is -0.381 e. The highest BCUT2D eigenvalue weighted by atomic mass is 35.5. The summed E-state index contributed by atoms with van der Waals surface area (Å²) in [5, 5.41) is 14.4. The summed E-state index contributed by atoms with van der Waals surface area (Å²) >= 11 is 5.76. The monoisotopic (exact) mass is 217 g/mol. The van der Waals surface area contributed by atoms with Crippen molar-refractivity contribution in [1.29, 1.82) is 0 Å². The van der Waals surface area contributed by atoms with E-state index in [1.165, 1.54) is 10.9 Å². The fourth-order valence-corrected chi connectivity index (χ4v) is 1.48. The molecule has 2 rings (SSSR count). The summed E-state index contributed by atoms with van der Waals surface area (Å²) in [7, 11) is 0. The van der Waals surface area contributed by atoms with Crippen LogP contribution in [0.2, 0.25) is 5.15 Å². The van der Waals surface area contributed by atoms with Gasteiger partial charge >= 0.3 is 5.69 Å². The van der Waals surface area contributed by atoms with Crippen molar-refractivity contribution >= 4 is 17.3 Å². The second-order valence-electron chi connectivity index (χ2n) is 3.16. The largest absolute Gasteiger partial charge is 0.381 e. The van der Waals surface area contributed by atoms with Crippen LogP contribution in [0.4, 0.5) is 5.69 Å². The van der Waals surface area contributed by atoms with E-state index in [0.717, 1.165) is 0 Å². The molecule has 1 saturated heterocycles. The quantitative estimate of drug-likeness (QED) is 0.561. The Morgan fingerprint density at radius 2 is 2.50 bits per heavy atom. The van der Waals surface area contributed by atoms with E-state index < -0.39 is 4.92 Å². The molecule has 6 nitrogen and oxygen atoms in total. The first-order valence-corrected chi connectivity index (χ1v) is 4.49. The van der Waals surface area contributed by atoms with Crippen molar-refractivity contribution in [3.8, 4) is 0 Å². The minimum absolute atomic E-state index is 0.0851.